The Balaban J connectivity index is 2.02. The molecule has 2 heterocycles. The van der Waals surface area contributed by atoms with Crippen molar-refractivity contribution in [2.75, 3.05) is 18.4 Å². The van der Waals surface area contributed by atoms with Gasteiger partial charge in [-0.05, 0) is 38.8 Å². The molecule has 1 N–H and O–H groups in total. The van der Waals surface area contributed by atoms with Crippen molar-refractivity contribution in [3.63, 3.8) is 0 Å². The highest BCUT2D eigenvalue weighted by Gasteiger charge is 2.31. The molecule has 1 aliphatic heterocycles. The molecule has 0 spiro atoms. The lowest BCUT2D eigenvalue weighted by Gasteiger charge is -2.24. The predicted octanol–water partition coefficient (Wildman–Crippen LogP) is 2.46. The molecule has 126 valence electrons. The van der Waals surface area contributed by atoms with Crippen LogP contribution in [0.1, 0.15) is 27.2 Å². The van der Waals surface area contributed by atoms with Gasteiger partial charge in [-0.1, -0.05) is 0 Å². The summed E-state index contributed by atoms with van der Waals surface area (Å²) in [4.78, 5) is 31.4. The highest BCUT2D eigenvalue weighted by molar-refractivity contribution is 6.28. The van der Waals surface area contributed by atoms with Crippen molar-refractivity contribution >= 4 is 29.2 Å². The number of ether oxygens (including phenoxy) is 1. The summed E-state index contributed by atoms with van der Waals surface area (Å²) in [6, 6.07) is -0.174. The van der Waals surface area contributed by atoms with Crippen molar-refractivity contribution < 1.29 is 14.5 Å². The Morgan fingerprint density at radius 3 is 2.87 bits per heavy atom. The zero-order valence-electron chi connectivity index (χ0n) is 13.1. The highest BCUT2D eigenvalue weighted by atomic mass is 35.5. The molecule has 0 aromatic carbocycles. The Morgan fingerprint density at radius 1 is 1.57 bits per heavy atom. The lowest BCUT2D eigenvalue weighted by molar-refractivity contribution is -0.384. The number of nitrogens with zero attached hydrogens (tertiary/aromatic N) is 4. The number of nitrogens with one attached hydrogen (secondary N) is 1. The van der Waals surface area contributed by atoms with Crippen LogP contribution in [0.4, 0.5) is 16.3 Å². The molecule has 0 radical (unpaired) electrons. The summed E-state index contributed by atoms with van der Waals surface area (Å²) in [7, 11) is 0. The minimum atomic E-state index is -0.584. The van der Waals surface area contributed by atoms with Gasteiger partial charge in [-0.3, -0.25) is 10.1 Å². The fraction of sp³-hybridized carbons (Fsp3) is 0.615. The average Bonchev–Trinajstić information content (AvgIpc) is 2.85. The Morgan fingerprint density at radius 2 is 2.26 bits per heavy atom. The van der Waals surface area contributed by atoms with E-state index < -0.39 is 16.6 Å². The first kappa shape index (κ1) is 17.2. The number of amides is 1. The normalized spacial score (nSPS) is 17.9. The van der Waals surface area contributed by atoms with Crippen LogP contribution in [0.25, 0.3) is 0 Å². The van der Waals surface area contributed by atoms with Crippen LogP contribution in [0.15, 0.2) is 6.20 Å². The van der Waals surface area contributed by atoms with Crippen LogP contribution in [-0.4, -0.2) is 50.6 Å². The summed E-state index contributed by atoms with van der Waals surface area (Å²) < 4.78 is 5.31. The molecule has 0 aliphatic carbocycles. The van der Waals surface area contributed by atoms with Gasteiger partial charge in [0.25, 0.3) is 0 Å². The molecule has 9 nitrogen and oxygen atoms in total. The topological polar surface area (TPSA) is 110 Å². The smallest absolute Gasteiger partial charge is 0.410 e. The number of rotatable bonds is 3. The molecular formula is C13H18ClN5O4. The van der Waals surface area contributed by atoms with Gasteiger partial charge >= 0.3 is 11.8 Å². The fourth-order valence-corrected chi connectivity index (χ4v) is 2.29. The van der Waals surface area contributed by atoms with E-state index in [2.05, 4.69) is 15.3 Å². The molecule has 2 rings (SSSR count). The van der Waals surface area contributed by atoms with E-state index in [9.17, 15) is 14.9 Å². The number of carbonyl (C=O) groups excluding carboxylic acids is 1. The maximum absolute atomic E-state index is 12.0. The maximum Gasteiger partial charge on any atom is 0.410 e. The zero-order valence-corrected chi connectivity index (χ0v) is 13.8. The lowest BCUT2D eigenvalue weighted by atomic mass is 10.2. The van der Waals surface area contributed by atoms with Crippen molar-refractivity contribution in [1.82, 2.24) is 14.9 Å². The van der Waals surface area contributed by atoms with E-state index in [0.717, 1.165) is 6.20 Å². The Kier molecular flexibility index (Phi) is 4.88. The summed E-state index contributed by atoms with van der Waals surface area (Å²) in [5.41, 5.74) is -0.827. The number of likely N-dealkylation sites (tertiary alicyclic amines) is 1. The molecule has 1 amide bonds. The molecule has 1 fully saturated rings. The van der Waals surface area contributed by atoms with Gasteiger partial charge < -0.3 is 15.0 Å². The van der Waals surface area contributed by atoms with Gasteiger partial charge in [0.2, 0.25) is 11.1 Å². The zero-order chi connectivity index (χ0) is 17.2. The van der Waals surface area contributed by atoms with Gasteiger partial charge in [-0.25, -0.2) is 9.78 Å². The van der Waals surface area contributed by atoms with E-state index in [0.29, 0.717) is 19.5 Å². The second-order valence-corrected chi connectivity index (χ2v) is 6.52. The lowest BCUT2D eigenvalue weighted by Crippen LogP contribution is -2.36. The molecule has 1 aromatic heterocycles. The van der Waals surface area contributed by atoms with Gasteiger partial charge in [0, 0.05) is 19.1 Å². The van der Waals surface area contributed by atoms with Crippen LogP contribution in [0, 0.1) is 10.1 Å². The highest BCUT2D eigenvalue weighted by Crippen LogP contribution is 2.25. The van der Waals surface area contributed by atoms with Crippen molar-refractivity contribution in [3.8, 4) is 0 Å². The molecule has 1 atom stereocenters. The predicted molar refractivity (Wildman–Crippen MR) is 83.5 cm³/mol. The van der Waals surface area contributed by atoms with Crippen molar-refractivity contribution in [3.05, 3.63) is 21.6 Å². The molecule has 1 aliphatic rings. The van der Waals surface area contributed by atoms with E-state index in [1.54, 1.807) is 25.7 Å². The van der Waals surface area contributed by atoms with Crippen LogP contribution < -0.4 is 5.32 Å². The summed E-state index contributed by atoms with van der Waals surface area (Å²) in [6.45, 7) is 6.25. The monoisotopic (exact) mass is 343 g/mol. The summed E-state index contributed by atoms with van der Waals surface area (Å²) in [6.07, 6.45) is 1.27. The quantitative estimate of drug-likeness (QED) is 0.509. The standard InChI is InChI=1S/C13H18ClN5O4/c1-13(2,3)23-12(20)18-5-4-8(7-18)16-10-9(19(21)22)6-15-11(14)17-10/h6,8H,4-5,7H2,1-3H3,(H,15,16,17). The third-order valence-electron chi connectivity index (χ3n) is 3.12. The van der Waals surface area contributed by atoms with Gasteiger partial charge in [-0.2, -0.15) is 4.98 Å². The van der Waals surface area contributed by atoms with Crippen LogP contribution in [0.3, 0.4) is 0 Å². The first-order valence-electron chi connectivity index (χ1n) is 7.07. The first-order chi connectivity index (χ1) is 10.7. The molecule has 1 unspecified atom stereocenters. The SMILES string of the molecule is CC(C)(C)OC(=O)N1CCC(Nc2nc(Cl)ncc2[N+](=O)[O-])C1. The third kappa shape index (κ3) is 4.65. The van der Waals surface area contributed by atoms with Crippen LogP contribution in [0.5, 0.6) is 0 Å². The Hall–Kier alpha value is -2.16. The molecule has 0 saturated carbocycles. The van der Waals surface area contributed by atoms with E-state index in [1.807, 2.05) is 0 Å². The summed E-state index contributed by atoms with van der Waals surface area (Å²) in [5.74, 6) is 0.0473. The van der Waals surface area contributed by atoms with Crippen LogP contribution in [0.2, 0.25) is 5.28 Å². The molecule has 10 heteroatoms. The van der Waals surface area contributed by atoms with E-state index >= 15 is 0 Å². The van der Waals surface area contributed by atoms with E-state index in [1.165, 1.54) is 0 Å². The van der Waals surface area contributed by atoms with E-state index in [4.69, 9.17) is 16.3 Å². The van der Waals surface area contributed by atoms with Crippen LogP contribution in [-0.2, 0) is 4.74 Å². The maximum atomic E-state index is 12.0. The number of nitro groups is 1. The van der Waals surface area contributed by atoms with Gasteiger partial charge in [0.05, 0.1) is 4.92 Å². The van der Waals surface area contributed by atoms with E-state index in [-0.39, 0.29) is 22.8 Å². The minimum Gasteiger partial charge on any atom is -0.444 e. The molecule has 0 bridgehead atoms. The number of carbonyl (C=O) groups is 1. The van der Waals surface area contributed by atoms with Gasteiger partial charge in [0.1, 0.15) is 11.8 Å². The first-order valence-corrected chi connectivity index (χ1v) is 7.45. The average molecular weight is 344 g/mol. The molecule has 1 saturated heterocycles. The molecule has 1 aromatic rings. The fourth-order valence-electron chi connectivity index (χ4n) is 2.16. The largest absolute Gasteiger partial charge is 0.444 e. The summed E-state index contributed by atoms with van der Waals surface area (Å²) >= 11 is 5.69. The number of anilines is 1. The second-order valence-electron chi connectivity index (χ2n) is 6.19. The molecule has 23 heavy (non-hydrogen) atoms. The number of hydrogen-bond acceptors (Lipinski definition) is 7. The number of halogens is 1. The van der Waals surface area contributed by atoms with Gasteiger partial charge in [-0.15, -0.1) is 0 Å². The Labute approximate surface area is 138 Å². The third-order valence-corrected chi connectivity index (χ3v) is 3.30. The molecular weight excluding hydrogens is 326 g/mol. The summed E-state index contributed by atoms with van der Waals surface area (Å²) in [5, 5.41) is 13.9. The van der Waals surface area contributed by atoms with Crippen molar-refractivity contribution in [2.45, 2.75) is 38.8 Å². The minimum absolute atomic E-state index is 0.0473. The van der Waals surface area contributed by atoms with Gasteiger partial charge in [0.15, 0.2) is 0 Å². The van der Waals surface area contributed by atoms with Crippen molar-refractivity contribution in [1.29, 1.82) is 0 Å². The number of hydrogen-bond donors (Lipinski definition) is 1. The van der Waals surface area contributed by atoms with Crippen molar-refractivity contribution in [2.24, 2.45) is 0 Å². The van der Waals surface area contributed by atoms with Crippen LogP contribution >= 0.6 is 11.6 Å². The number of aromatic nitrogens is 2. The Bertz CT molecular complexity index is 619. The second kappa shape index (κ2) is 6.53.